The molecule has 2 N–H and O–H groups in total. The van der Waals surface area contributed by atoms with Crippen LogP contribution in [0.5, 0.6) is 0 Å². The van der Waals surface area contributed by atoms with Crippen molar-refractivity contribution < 1.29 is 0 Å². The fourth-order valence-electron chi connectivity index (χ4n) is 2.49. The second-order valence-electron chi connectivity index (χ2n) is 5.19. The topological polar surface area (TPSA) is 43.8 Å². The van der Waals surface area contributed by atoms with Gasteiger partial charge in [0.25, 0.3) is 0 Å². The number of aryl methyl sites for hydroxylation is 1. The molecule has 2 aromatic rings. The summed E-state index contributed by atoms with van der Waals surface area (Å²) in [6, 6.07) is 8.38. The molecule has 0 radical (unpaired) electrons. The highest BCUT2D eigenvalue weighted by atomic mass is 15.1. The van der Waals surface area contributed by atoms with E-state index in [1.54, 1.807) is 0 Å². The molecule has 1 unspecified atom stereocenters. The van der Waals surface area contributed by atoms with Crippen LogP contribution in [0.15, 0.2) is 24.3 Å². The molecule has 1 aromatic carbocycles. The molecule has 0 saturated carbocycles. The Morgan fingerprint density at radius 3 is 2.68 bits per heavy atom. The van der Waals surface area contributed by atoms with Crippen molar-refractivity contribution in [3.63, 3.8) is 0 Å². The maximum atomic E-state index is 6.21. The number of rotatable bonds is 7. The second kappa shape index (κ2) is 6.71. The number of hydrogen-bond donors (Lipinski definition) is 1. The van der Waals surface area contributed by atoms with E-state index in [4.69, 9.17) is 10.7 Å². The third-order valence-electron chi connectivity index (χ3n) is 3.69. The summed E-state index contributed by atoms with van der Waals surface area (Å²) in [5, 5.41) is 0. The van der Waals surface area contributed by atoms with Crippen LogP contribution in [0.2, 0.25) is 0 Å². The van der Waals surface area contributed by atoms with Gasteiger partial charge in [0.1, 0.15) is 5.82 Å². The van der Waals surface area contributed by atoms with Gasteiger partial charge in [-0.15, -0.1) is 0 Å². The minimum Gasteiger partial charge on any atom is -0.327 e. The Labute approximate surface area is 115 Å². The number of hydrogen-bond acceptors (Lipinski definition) is 2. The lowest BCUT2D eigenvalue weighted by molar-refractivity contribution is 0.541. The molecule has 1 atom stereocenters. The minimum atomic E-state index is 0.0403. The Hall–Kier alpha value is -1.35. The zero-order valence-electron chi connectivity index (χ0n) is 12.1. The Bertz CT molecular complexity index is 516. The molecule has 0 spiro atoms. The SMILES string of the molecule is CCCCCCn1c(C(N)CC)nc2ccccc21. The largest absolute Gasteiger partial charge is 0.327 e. The summed E-state index contributed by atoms with van der Waals surface area (Å²) in [4.78, 5) is 4.72. The number of nitrogens with two attached hydrogens (primary N) is 1. The molecular formula is C16H25N3. The van der Waals surface area contributed by atoms with Crippen LogP contribution in [0.4, 0.5) is 0 Å². The highest BCUT2D eigenvalue weighted by Gasteiger charge is 2.14. The van der Waals surface area contributed by atoms with Gasteiger partial charge in [-0.2, -0.15) is 0 Å². The van der Waals surface area contributed by atoms with Gasteiger partial charge in [0.2, 0.25) is 0 Å². The lowest BCUT2D eigenvalue weighted by Gasteiger charge is -2.13. The van der Waals surface area contributed by atoms with E-state index in [0.29, 0.717) is 0 Å². The van der Waals surface area contributed by atoms with Crippen molar-refractivity contribution in [1.29, 1.82) is 0 Å². The number of benzene rings is 1. The van der Waals surface area contributed by atoms with Gasteiger partial charge in [0.05, 0.1) is 17.1 Å². The molecule has 0 aliphatic carbocycles. The van der Waals surface area contributed by atoms with Gasteiger partial charge in [0.15, 0.2) is 0 Å². The molecule has 3 nitrogen and oxygen atoms in total. The van der Waals surface area contributed by atoms with Crippen molar-refractivity contribution in [2.24, 2.45) is 5.73 Å². The highest BCUT2D eigenvalue weighted by Crippen LogP contribution is 2.22. The van der Waals surface area contributed by atoms with E-state index in [0.717, 1.165) is 24.3 Å². The van der Waals surface area contributed by atoms with Gasteiger partial charge in [-0.05, 0) is 25.0 Å². The summed E-state index contributed by atoms with van der Waals surface area (Å²) in [5.74, 6) is 1.04. The van der Waals surface area contributed by atoms with Gasteiger partial charge in [-0.3, -0.25) is 0 Å². The van der Waals surface area contributed by atoms with Crippen molar-refractivity contribution in [1.82, 2.24) is 9.55 Å². The van der Waals surface area contributed by atoms with Crippen LogP contribution in [-0.4, -0.2) is 9.55 Å². The molecule has 0 aliphatic rings. The van der Waals surface area contributed by atoms with Crippen LogP contribution in [0, 0.1) is 0 Å². The Kier molecular flexibility index (Phi) is 4.97. The number of aromatic nitrogens is 2. The molecule has 2 rings (SSSR count). The lowest BCUT2D eigenvalue weighted by Crippen LogP contribution is -2.16. The average Bonchev–Trinajstić information content (AvgIpc) is 2.81. The standard InChI is InChI=1S/C16H25N3/c1-3-5-6-9-12-19-15-11-8-7-10-14(15)18-16(19)13(17)4-2/h7-8,10-11,13H,3-6,9,12,17H2,1-2H3. The Morgan fingerprint density at radius 1 is 1.16 bits per heavy atom. The maximum Gasteiger partial charge on any atom is 0.126 e. The van der Waals surface area contributed by atoms with Gasteiger partial charge < -0.3 is 10.3 Å². The molecular weight excluding hydrogens is 234 g/mol. The summed E-state index contributed by atoms with van der Waals surface area (Å²) >= 11 is 0. The van der Waals surface area contributed by atoms with Crippen LogP contribution < -0.4 is 5.73 Å². The van der Waals surface area contributed by atoms with Gasteiger partial charge in [0, 0.05) is 6.54 Å². The Morgan fingerprint density at radius 2 is 1.95 bits per heavy atom. The summed E-state index contributed by atoms with van der Waals surface area (Å²) in [6.07, 6.45) is 5.99. The minimum absolute atomic E-state index is 0.0403. The summed E-state index contributed by atoms with van der Waals surface area (Å²) in [5.41, 5.74) is 8.49. The van der Waals surface area contributed by atoms with Crippen molar-refractivity contribution in [2.45, 2.75) is 58.5 Å². The molecule has 0 aliphatic heterocycles. The molecule has 1 aromatic heterocycles. The van der Waals surface area contributed by atoms with Crippen LogP contribution in [0.25, 0.3) is 11.0 Å². The predicted octanol–water partition coefficient (Wildman–Crippen LogP) is 4.03. The third kappa shape index (κ3) is 3.16. The van der Waals surface area contributed by atoms with Crippen LogP contribution in [0.1, 0.15) is 57.8 Å². The summed E-state index contributed by atoms with van der Waals surface area (Å²) in [7, 11) is 0. The first kappa shape index (κ1) is 14.1. The fourth-order valence-corrected chi connectivity index (χ4v) is 2.49. The molecule has 19 heavy (non-hydrogen) atoms. The van der Waals surface area contributed by atoms with E-state index in [1.807, 2.05) is 6.07 Å². The fraction of sp³-hybridized carbons (Fsp3) is 0.562. The highest BCUT2D eigenvalue weighted by molar-refractivity contribution is 5.76. The number of imidazole rings is 1. The lowest BCUT2D eigenvalue weighted by atomic mass is 10.2. The first-order chi connectivity index (χ1) is 9.27. The van der Waals surface area contributed by atoms with Crippen LogP contribution in [0.3, 0.4) is 0 Å². The van der Waals surface area contributed by atoms with E-state index in [2.05, 4.69) is 36.6 Å². The van der Waals surface area contributed by atoms with E-state index >= 15 is 0 Å². The molecule has 0 amide bonds. The second-order valence-corrected chi connectivity index (χ2v) is 5.19. The average molecular weight is 259 g/mol. The molecule has 0 saturated heterocycles. The quantitative estimate of drug-likeness (QED) is 0.763. The van der Waals surface area contributed by atoms with Gasteiger partial charge in [-0.1, -0.05) is 45.2 Å². The summed E-state index contributed by atoms with van der Waals surface area (Å²) < 4.78 is 2.32. The smallest absolute Gasteiger partial charge is 0.126 e. The van der Waals surface area contributed by atoms with E-state index in [-0.39, 0.29) is 6.04 Å². The maximum absolute atomic E-state index is 6.21. The molecule has 0 fully saturated rings. The first-order valence-electron chi connectivity index (χ1n) is 7.48. The molecule has 1 heterocycles. The number of unbranched alkanes of at least 4 members (excludes halogenated alkanes) is 3. The van der Waals surface area contributed by atoms with Gasteiger partial charge in [-0.25, -0.2) is 4.98 Å². The van der Waals surface area contributed by atoms with E-state index < -0.39 is 0 Å². The molecule has 0 bridgehead atoms. The number of nitrogens with zero attached hydrogens (tertiary/aromatic N) is 2. The van der Waals surface area contributed by atoms with E-state index in [9.17, 15) is 0 Å². The predicted molar refractivity (Wildman–Crippen MR) is 81.1 cm³/mol. The monoisotopic (exact) mass is 259 g/mol. The normalized spacial score (nSPS) is 13.0. The number of para-hydroxylation sites is 2. The first-order valence-corrected chi connectivity index (χ1v) is 7.48. The van der Waals surface area contributed by atoms with Crippen molar-refractivity contribution in [3.05, 3.63) is 30.1 Å². The van der Waals surface area contributed by atoms with Crippen LogP contribution >= 0.6 is 0 Å². The molecule has 3 heteroatoms. The van der Waals surface area contributed by atoms with Crippen molar-refractivity contribution in [3.8, 4) is 0 Å². The van der Waals surface area contributed by atoms with Crippen LogP contribution in [-0.2, 0) is 6.54 Å². The number of fused-ring (bicyclic) bond motifs is 1. The zero-order valence-corrected chi connectivity index (χ0v) is 12.1. The van der Waals surface area contributed by atoms with E-state index in [1.165, 1.54) is 31.2 Å². The Balaban J connectivity index is 2.26. The van der Waals surface area contributed by atoms with Gasteiger partial charge >= 0.3 is 0 Å². The van der Waals surface area contributed by atoms with Crippen molar-refractivity contribution >= 4 is 11.0 Å². The zero-order chi connectivity index (χ0) is 13.7. The third-order valence-corrected chi connectivity index (χ3v) is 3.69. The molecule has 104 valence electrons. The van der Waals surface area contributed by atoms with Crippen molar-refractivity contribution in [2.75, 3.05) is 0 Å². The summed E-state index contributed by atoms with van der Waals surface area (Å²) in [6.45, 7) is 5.39.